The normalized spacial score (nSPS) is 14.4. The van der Waals surface area contributed by atoms with Crippen LogP contribution in [0.2, 0.25) is 0 Å². The van der Waals surface area contributed by atoms with E-state index in [1.165, 1.54) is 30.8 Å². The molecular weight excluding hydrogens is 480 g/mol. The van der Waals surface area contributed by atoms with Gasteiger partial charge in [0, 0.05) is 6.42 Å². The summed E-state index contributed by atoms with van der Waals surface area (Å²) in [6.07, 6.45) is 4.60. The molecule has 0 aromatic heterocycles. The Hall–Kier alpha value is -2.44. The van der Waals surface area contributed by atoms with Gasteiger partial charge in [0.25, 0.3) is 0 Å². The van der Waals surface area contributed by atoms with Crippen LogP contribution in [-0.4, -0.2) is 82.1 Å². The predicted molar refractivity (Wildman–Crippen MR) is 135 cm³/mol. The lowest BCUT2D eigenvalue weighted by Gasteiger charge is -2.23. The van der Waals surface area contributed by atoms with Gasteiger partial charge in [0.2, 0.25) is 17.7 Å². The van der Waals surface area contributed by atoms with Crippen LogP contribution in [0.15, 0.2) is 24.3 Å². The number of nitrogens with one attached hydrogen (secondary N) is 3. The first-order chi connectivity index (χ1) is 16.1. The SMILES string of the molecule is CSCCC(N)C(=O)NC(CCSC)C(=O)NC(C)C(=O)NC(Cc1ccc(O)cc1)C(=O)O. The van der Waals surface area contributed by atoms with Crippen LogP contribution in [0.5, 0.6) is 5.75 Å². The summed E-state index contributed by atoms with van der Waals surface area (Å²) in [4.78, 5) is 49.4. The average Bonchev–Trinajstić information content (AvgIpc) is 2.80. The summed E-state index contributed by atoms with van der Waals surface area (Å²) in [5.74, 6) is -1.53. The van der Waals surface area contributed by atoms with E-state index in [2.05, 4.69) is 16.0 Å². The molecule has 1 aromatic carbocycles. The van der Waals surface area contributed by atoms with Crippen LogP contribution in [0.25, 0.3) is 0 Å². The zero-order chi connectivity index (χ0) is 25.7. The van der Waals surface area contributed by atoms with E-state index in [1.807, 2.05) is 12.5 Å². The number of rotatable bonds is 15. The molecule has 0 saturated carbocycles. The van der Waals surface area contributed by atoms with E-state index in [1.54, 1.807) is 23.9 Å². The number of hydrogen-bond acceptors (Lipinski definition) is 8. The highest BCUT2D eigenvalue weighted by Gasteiger charge is 2.28. The number of amides is 3. The second-order valence-electron chi connectivity index (χ2n) is 7.73. The predicted octanol–water partition coefficient (Wildman–Crippen LogP) is 0.327. The van der Waals surface area contributed by atoms with Crippen molar-refractivity contribution in [3.63, 3.8) is 0 Å². The fraction of sp³-hybridized carbons (Fsp3) is 0.545. The molecule has 10 nitrogen and oxygen atoms in total. The Labute approximate surface area is 208 Å². The van der Waals surface area contributed by atoms with Crippen LogP contribution in [0.1, 0.15) is 25.3 Å². The van der Waals surface area contributed by atoms with Crippen molar-refractivity contribution in [2.24, 2.45) is 5.73 Å². The molecule has 3 amide bonds. The molecule has 0 fully saturated rings. The highest BCUT2D eigenvalue weighted by atomic mass is 32.2. The summed E-state index contributed by atoms with van der Waals surface area (Å²) in [6.45, 7) is 1.43. The van der Waals surface area contributed by atoms with E-state index in [0.29, 0.717) is 29.9 Å². The lowest BCUT2D eigenvalue weighted by molar-refractivity contribution is -0.142. The number of carbonyl (C=O) groups excluding carboxylic acids is 3. The molecule has 7 N–H and O–H groups in total. The molecule has 0 spiro atoms. The van der Waals surface area contributed by atoms with Gasteiger partial charge in [0.15, 0.2) is 0 Å². The summed E-state index contributed by atoms with van der Waals surface area (Å²) < 4.78 is 0. The van der Waals surface area contributed by atoms with E-state index >= 15 is 0 Å². The molecule has 12 heteroatoms. The summed E-state index contributed by atoms with van der Waals surface area (Å²) in [7, 11) is 0. The molecule has 34 heavy (non-hydrogen) atoms. The van der Waals surface area contributed by atoms with Gasteiger partial charge in [0.05, 0.1) is 6.04 Å². The first kappa shape index (κ1) is 29.6. The minimum atomic E-state index is -1.23. The highest BCUT2D eigenvalue weighted by molar-refractivity contribution is 7.98. The van der Waals surface area contributed by atoms with E-state index in [0.717, 1.165) is 0 Å². The van der Waals surface area contributed by atoms with Gasteiger partial charge in [-0.2, -0.15) is 23.5 Å². The maximum absolute atomic E-state index is 12.8. The third-order valence-electron chi connectivity index (χ3n) is 4.96. The number of carboxylic acid groups (broad SMARTS) is 1. The van der Waals surface area contributed by atoms with Gasteiger partial charge in [-0.15, -0.1) is 0 Å². The Balaban J connectivity index is 2.75. The molecule has 0 bridgehead atoms. The van der Waals surface area contributed by atoms with Crippen molar-refractivity contribution in [3.8, 4) is 5.75 Å². The largest absolute Gasteiger partial charge is 0.508 e. The minimum absolute atomic E-state index is 0.00234. The molecule has 0 aliphatic heterocycles. The molecule has 0 radical (unpaired) electrons. The van der Waals surface area contributed by atoms with Crippen molar-refractivity contribution < 1.29 is 29.4 Å². The number of phenols is 1. The zero-order valence-corrected chi connectivity index (χ0v) is 21.2. The maximum Gasteiger partial charge on any atom is 0.326 e. The topological polar surface area (TPSA) is 171 Å². The van der Waals surface area contributed by atoms with Gasteiger partial charge in [0.1, 0.15) is 23.9 Å². The first-order valence-corrected chi connectivity index (χ1v) is 13.5. The smallest absolute Gasteiger partial charge is 0.326 e. The van der Waals surface area contributed by atoms with Gasteiger partial charge in [-0.25, -0.2) is 4.79 Å². The molecule has 1 rings (SSSR count). The Morgan fingerprint density at radius 2 is 1.44 bits per heavy atom. The van der Waals surface area contributed by atoms with Gasteiger partial charge >= 0.3 is 5.97 Å². The summed E-state index contributed by atoms with van der Waals surface area (Å²) in [5, 5.41) is 26.5. The van der Waals surface area contributed by atoms with E-state index in [4.69, 9.17) is 5.73 Å². The second kappa shape index (κ2) is 15.5. The van der Waals surface area contributed by atoms with Crippen LogP contribution in [0.3, 0.4) is 0 Å². The molecule has 0 heterocycles. The van der Waals surface area contributed by atoms with Gasteiger partial charge in [-0.05, 0) is 61.5 Å². The molecule has 4 atom stereocenters. The Kier molecular flexibility index (Phi) is 13.5. The minimum Gasteiger partial charge on any atom is -0.508 e. The van der Waals surface area contributed by atoms with Crippen LogP contribution in [0, 0.1) is 0 Å². The highest BCUT2D eigenvalue weighted by Crippen LogP contribution is 2.11. The maximum atomic E-state index is 12.8. The number of carboxylic acids is 1. The van der Waals surface area contributed by atoms with Gasteiger partial charge in [-0.1, -0.05) is 12.1 Å². The standard InChI is InChI=1S/C22H34N4O6S2/c1-13(19(28)26-18(22(31)32)12-14-4-6-15(27)7-5-14)24-21(30)17(9-11-34-3)25-20(29)16(23)8-10-33-2/h4-7,13,16-18,27H,8-12,23H2,1-3H3,(H,24,30)(H,25,29)(H,26,28)(H,31,32). The van der Waals surface area contributed by atoms with Crippen molar-refractivity contribution in [3.05, 3.63) is 29.8 Å². The molecule has 1 aromatic rings. The second-order valence-corrected chi connectivity index (χ2v) is 9.70. The molecular formula is C22H34N4O6S2. The van der Waals surface area contributed by atoms with E-state index in [-0.39, 0.29) is 12.2 Å². The summed E-state index contributed by atoms with van der Waals surface area (Å²) >= 11 is 3.07. The fourth-order valence-corrected chi connectivity index (χ4v) is 3.86. The van der Waals surface area contributed by atoms with Gasteiger partial charge < -0.3 is 31.9 Å². The van der Waals surface area contributed by atoms with Crippen LogP contribution in [-0.2, 0) is 25.6 Å². The Bertz CT molecular complexity index is 824. The van der Waals surface area contributed by atoms with Crippen molar-refractivity contribution in [2.75, 3.05) is 24.0 Å². The Morgan fingerprint density at radius 3 is 2.00 bits per heavy atom. The molecule has 0 saturated heterocycles. The number of aliphatic carboxylic acids is 1. The number of phenolic OH excluding ortho intramolecular Hbond substituents is 1. The summed E-state index contributed by atoms with van der Waals surface area (Å²) in [6, 6.07) is 2.10. The average molecular weight is 515 g/mol. The third-order valence-corrected chi connectivity index (χ3v) is 6.24. The van der Waals surface area contributed by atoms with Crippen LogP contribution >= 0.6 is 23.5 Å². The van der Waals surface area contributed by atoms with Gasteiger partial charge in [-0.3, -0.25) is 14.4 Å². The van der Waals surface area contributed by atoms with Crippen molar-refractivity contribution in [1.82, 2.24) is 16.0 Å². The van der Waals surface area contributed by atoms with Crippen molar-refractivity contribution >= 4 is 47.2 Å². The number of thioether (sulfide) groups is 2. The molecule has 190 valence electrons. The number of nitrogens with two attached hydrogens (primary N) is 1. The number of hydrogen-bond donors (Lipinski definition) is 6. The Morgan fingerprint density at radius 1 is 0.882 bits per heavy atom. The quantitative estimate of drug-likeness (QED) is 0.193. The van der Waals surface area contributed by atoms with E-state index in [9.17, 15) is 29.4 Å². The zero-order valence-electron chi connectivity index (χ0n) is 19.6. The summed E-state index contributed by atoms with van der Waals surface area (Å²) in [5.41, 5.74) is 6.50. The monoisotopic (exact) mass is 514 g/mol. The lowest BCUT2D eigenvalue weighted by Crippen LogP contribution is -2.56. The number of carbonyl (C=O) groups is 4. The van der Waals surface area contributed by atoms with E-state index < -0.39 is 47.9 Å². The molecule has 0 aliphatic rings. The molecule has 4 unspecified atom stereocenters. The molecule has 0 aliphatic carbocycles. The lowest BCUT2D eigenvalue weighted by atomic mass is 10.1. The number of benzene rings is 1. The first-order valence-electron chi connectivity index (χ1n) is 10.7. The fourth-order valence-electron chi connectivity index (χ4n) is 2.90. The third kappa shape index (κ3) is 10.7. The van der Waals surface area contributed by atoms with Crippen LogP contribution < -0.4 is 21.7 Å². The van der Waals surface area contributed by atoms with Crippen molar-refractivity contribution in [1.29, 1.82) is 0 Å². The van der Waals surface area contributed by atoms with Crippen LogP contribution in [0.4, 0.5) is 0 Å². The number of aromatic hydroxyl groups is 1. The van der Waals surface area contributed by atoms with Crippen molar-refractivity contribution in [2.45, 2.75) is 50.4 Å².